The molecule has 1 aromatic carbocycles. The molecule has 3 nitrogen and oxygen atoms in total. The Hall–Kier alpha value is -1.58. The zero-order chi connectivity index (χ0) is 13.7. The summed E-state index contributed by atoms with van der Waals surface area (Å²) >= 11 is 0. The van der Waals surface area contributed by atoms with Crippen LogP contribution in [0.25, 0.3) is 0 Å². The molecule has 104 valence electrons. The fourth-order valence-corrected chi connectivity index (χ4v) is 2.43. The quantitative estimate of drug-likeness (QED) is 0.864. The Morgan fingerprint density at radius 2 is 1.84 bits per heavy atom. The van der Waals surface area contributed by atoms with Gasteiger partial charge in [-0.2, -0.15) is 0 Å². The van der Waals surface area contributed by atoms with E-state index in [1.807, 2.05) is 0 Å². The molecule has 0 aliphatic heterocycles. The van der Waals surface area contributed by atoms with Gasteiger partial charge in [0.1, 0.15) is 5.82 Å². The number of halogens is 1. The lowest BCUT2D eigenvalue weighted by Gasteiger charge is -2.26. The van der Waals surface area contributed by atoms with Crippen LogP contribution in [0.2, 0.25) is 0 Å². The highest BCUT2D eigenvalue weighted by Gasteiger charge is 2.19. The predicted octanol–water partition coefficient (Wildman–Crippen LogP) is 3.20. The van der Waals surface area contributed by atoms with Crippen molar-refractivity contribution in [3.8, 4) is 0 Å². The smallest absolute Gasteiger partial charge is 0.315 e. The van der Waals surface area contributed by atoms with Crippen molar-refractivity contribution in [2.24, 2.45) is 5.92 Å². The van der Waals surface area contributed by atoms with Crippen molar-refractivity contribution in [3.05, 3.63) is 35.6 Å². The molecule has 0 aromatic heterocycles. The summed E-state index contributed by atoms with van der Waals surface area (Å²) in [7, 11) is 0. The van der Waals surface area contributed by atoms with Crippen LogP contribution in [-0.2, 0) is 6.54 Å². The number of carbonyl (C=O) groups is 1. The van der Waals surface area contributed by atoms with Crippen molar-refractivity contribution >= 4 is 6.03 Å². The molecule has 0 bridgehead atoms. The molecule has 2 rings (SSSR count). The number of rotatable bonds is 3. The van der Waals surface area contributed by atoms with E-state index in [2.05, 4.69) is 17.6 Å². The van der Waals surface area contributed by atoms with Crippen molar-refractivity contribution in [2.45, 2.75) is 45.2 Å². The van der Waals surface area contributed by atoms with Gasteiger partial charge >= 0.3 is 6.03 Å². The molecule has 1 fully saturated rings. The van der Waals surface area contributed by atoms with Crippen LogP contribution in [0.3, 0.4) is 0 Å². The largest absolute Gasteiger partial charge is 0.335 e. The number of hydrogen-bond acceptors (Lipinski definition) is 1. The first-order valence-corrected chi connectivity index (χ1v) is 6.92. The van der Waals surface area contributed by atoms with Gasteiger partial charge in [-0.25, -0.2) is 9.18 Å². The molecule has 19 heavy (non-hydrogen) atoms. The van der Waals surface area contributed by atoms with Crippen LogP contribution >= 0.6 is 0 Å². The second kappa shape index (κ2) is 6.55. The van der Waals surface area contributed by atoms with E-state index < -0.39 is 0 Å². The van der Waals surface area contributed by atoms with E-state index in [1.54, 1.807) is 12.1 Å². The summed E-state index contributed by atoms with van der Waals surface area (Å²) in [5.74, 6) is 0.518. The van der Waals surface area contributed by atoms with E-state index in [0.717, 1.165) is 24.3 Å². The number of nitrogens with one attached hydrogen (secondary N) is 2. The third-order valence-corrected chi connectivity index (χ3v) is 3.72. The normalized spacial score (nSPS) is 22.8. The summed E-state index contributed by atoms with van der Waals surface area (Å²) in [6, 6.07) is 6.32. The van der Waals surface area contributed by atoms with Crippen LogP contribution in [-0.4, -0.2) is 12.1 Å². The van der Waals surface area contributed by atoms with Crippen molar-refractivity contribution < 1.29 is 9.18 Å². The van der Waals surface area contributed by atoms with Gasteiger partial charge in [0.2, 0.25) is 0 Å². The second-order valence-electron chi connectivity index (χ2n) is 5.41. The lowest BCUT2D eigenvalue weighted by atomic mass is 9.87. The van der Waals surface area contributed by atoms with Crippen LogP contribution in [0, 0.1) is 11.7 Å². The lowest BCUT2D eigenvalue weighted by Crippen LogP contribution is -2.43. The number of urea groups is 1. The molecule has 0 unspecified atom stereocenters. The van der Waals surface area contributed by atoms with Gasteiger partial charge in [-0.05, 0) is 49.3 Å². The van der Waals surface area contributed by atoms with Gasteiger partial charge in [0.25, 0.3) is 0 Å². The molecule has 2 amide bonds. The Morgan fingerprint density at radius 1 is 1.21 bits per heavy atom. The Balaban J connectivity index is 1.71. The Labute approximate surface area is 113 Å². The highest BCUT2D eigenvalue weighted by atomic mass is 19.1. The summed E-state index contributed by atoms with van der Waals surface area (Å²) in [6.45, 7) is 2.68. The van der Waals surface area contributed by atoms with Gasteiger partial charge in [-0.15, -0.1) is 0 Å². The lowest BCUT2D eigenvalue weighted by molar-refractivity contribution is 0.228. The summed E-state index contributed by atoms with van der Waals surface area (Å²) < 4.78 is 12.7. The average Bonchev–Trinajstić information content (AvgIpc) is 2.41. The molecular weight excluding hydrogens is 243 g/mol. The number of carbonyl (C=O) groups excluding carboxylic acids is 1. The van der Waals surface area contributed by atoms with E-state index in [4.69, 9.17) is 0 Å². The maximum absolute atomic E-state index is 12.7. The fourth-order valence-electron chi connectivity index (χ4n) is 2.43. The topological polar surface area (TPSA) is 41.1 Å². The fraction of sp³-hybridized carbons (Fsp3) is 0.533. The van der Waals surface area contributed by atoms with Gasteiger partial charge in [0.15, 0.2) is 0 Å². The van der Waals surface area contributed by atoms with Gasteiger partial charge in [-0.3, -0.25) is 0 Å². The maximum atomic E-state index is 12.7. The summed E-state index contributed by atoms with van der Waals surface area (Å²) in [5, 5.41) is 5.80. The standard InChI is InChI=1S/C15H21FN2O/c1-11-2-8-14(9-3-11)18-15(19)17-10-12-4-6-13(16)7-5-12/h4-7,11,14H,2-3,8-10H2,1H3,(H2,17,18,19). The average molecular weight is 264 g/mol. The zero-order valence-corrected chi connectivity index (χ0v) is 11.3. The van der Waals surface area contributed by atoms with Gasteiger partial charge in [0.05, 0.1) is 0 Å². The van der Waals surface area contributed by atoms with E-state index in [1.165, 1.54) is 25.0 Å². The minimum atomic E-state index is -0.260. The molecule has 1 aromatic rings. The highest BCUT2D eigenvalue weighted by molar-refractivity contribution is 5.74. The summed E-state index contributed by atoms with van der Waals surface area (Å²) in [6.07, 6.45) is 4.49. The molecule has 1 aliphatic rings. The predicted molar refractivity (Wildman–Crippen MR) is 73.2 cm³/mol. The molecule has 0 heterocycles. The molecule has 0 saturated heterocycles. The minimum absolute atomic E-state index is 0.135. The maximum Gasteiger partial charge on any atom is 0.315 e. The molecule has 0 spiro atoms. The van der Waals surface area contributed by atoms with Gasteiger partial charge in [0, 0.05) is 12.6 Å². The second-order valence-corrected chi connectivity index (χ2v) is 5.41. The first kappa shape index (κ1) is 13.8. The van der Waals surface area contributed by atoms with Gasteiger partial charge in [-0.1, -0.05) is 19.1 Å². The van der Waals surface area contributed by atoms with E-state index in [-0.39, 0.29) is 11.8 Å². The molecule has 1 aliphatic carbocycles. The van der Waals surface area contributed by atoms with Crippen molar-refractivity contribution in [3.63, 3.8) is 0 Å². The van der Waals surface area contributed by atoms with E-state index >= 15 is 0 Å². The van der Waals surface area contributed by atoms with E-state index in [0.29, 0.717) is 12.6 Å². The first-order chi connectivity index (χ1) is 9.13. The molecular formula is C15H21FN2O. The molecule has 0 radical (unpaired) electrons. The van der Waals surface area contributed by atoms with Crippen LogP contribution in [0.15, 0.2) is 24.3 Å². The minimum Gasteiger partial charge on any atom is -0.335 e. The first-order valence-electron chi connectivity index (χ1n) is 6.92. The number of amides is 2. The van der Waals surface area contributed by atoms with Crippen molar-refractivity contribution in [2.75, 3.05) is 0 Å². The summed E-state index contributed by atoms with van der Waals surface area (Å²) in [5.41, 5.74) is 0.897. The van der Waals surface area contributed by atoms with Crippen LogP contribution in [0.1, 0.15) is 38.2 Å². The summed E-state index contributed by atoms with van der Waals surface area (Å²) in [4.78, 5) is 11.7. The zero-order valence-electron chi connectivity index (χ0n) is 11.3. The van der Waals surface area contributed by atoms with Crippen LogP contribution in [0.5, 0.6) is 0 Å². The Kier molecular flexibility index (Phi) is 4.77. The Morgan fingerprint density at radius 3 is 2.47 bits per heavy atom. The SMILES string of the molecule is CC1CCC(NC(=O)NCc2ccc(F)cc2)CC1. The third kappa shape index (κ3) is 4.54. The van der Waals surface area contributed by atoms with Crippen LogP contribution < -0.4 is 10.6 Å². The molecule has 0 atom stereocenters. The number of hydrogen-bond donors (Lipinski definition) is 2. The number of benzene rings is 1. The molecule has 4 heteroatoms. The van der Waals surface area contributed by atoms with Crippen LogP contribution in [0.4, 0.5) is 9.18 Å². The Bertz CT molecular complexity index is 411. The van der Waals surface area contributed by atoms with Crippen molar-refractivity contribution in [1.82, 2.24) is 10.6 Å². The highest BCUT2D eigenvalue weighted by Crippen LogP contribution is 2.23. The van der Waals surface area contributed by atoms with Crippen molar-refractivity contribution in [1.29, 1.82) is 0 Å². The third-order valence-electron chi connectivity index (χ3n) is 3.72. The molecule has 2 N–H and O–H groups in total. The van der Waals surface area contributed by atoms with Gasteiger partial charge < -0.3 is 10.6 Å². The molecule has 1 saturated carbocycles. The van der Waals surface area contributed by atoms with E-state index in [9.17, 15) is 9.18 Å². The monoisotopic (exact) mass is 264 g/mol.